The molecule has 0 saturated heterocycles. The number of carbonyl (C=O) groups excluding carboxylic acids is 1. The van der Waals surface area contributed by atoms with Crippen LogP contribution >= 0.6 is 0 Å². The highest BCUT2D eigenvalue weighted by Crippen LogP contribution is 2.29. The van der Waals surface area contributed by atoms with Crippen molar-refractivity contribution in [3.05, 3.63) is 47.4 Å². The van der Waals surface area contributed by atoms with E-state index in [0.29, 0.717) is 36.0 Å². The molecule has 0 bridgehead atoms. The van der Waals surface area contributed by atoms with Crippen molar-refractivity contribution in [3.8, 4) is 11.5 Å². The van der Waals surface area contributed by atoms with Gasteiger partial charge in [-0.2, -0.15) is 0 Å². The lowest BCUT2D eigenvalue weighted by Crippen LogP contribution is -2.22. The fourth-order valence-corrected chi connectivity index (χ4v) is 2.16. The molecule has 0 unspecified atom stereocenters. The monoisotopic (exact) mass is 361 g/mol. The number of rotatable bonds is 10. The first-order chi connectivity index (χ1) is 12.5. The van der Waals surface area contributed by atoms with Gasteiger partial charge in [0.25, 0.3) is 5.91 Å². The van der Waals surface area contributed by atoms with Crippen LogP contribution in [-0.4, -0.2) is 30.2 Å². The van der Waals surface area contributed by atoms with Crippen LogP contribution in [0.2, 0.25) is 0 Å². The van der Waals surface area contributed by atoms with Crippen molar-refractivity contribution in [1.82, 2.24) is 5.32 Å². The summed E-state index contributed by atoms with van der Waals surface area (Å²) in [7, 11) is 0. The van der Waals surface area contributed by atoms with E-state index in [4.69, 9.17) is 19.0 Å². The molecule has 7 heteroatoms. The van der Waals surface area contributed by atoms with Crippen molar-refractivity contribution >= 4 is 11.9 Å². The number of carboxylic acids is 1. The third kappa shape index (κ3) is 5.27. The Hall–Kier alpha value is -2.96. The molecule has 1 amide bonds. The third-order valence-corrected chi connectivity index (χ3v) is 3.42. The molecule has 0 aliphatic rings. The summed E-state index contributed by atoms with van der Waals surface area (Å²) in [6.45, 7) is 5.19. The topological polar surface area (TPSA) is 98.0 Å². The highest BCUT2D eigenvalue weighted by Gasteiger charge is 2.13. The van der Waals surface area contributed by atoms with Crippen molar-refractivity contribution in [3.63, 3.8) is 0 Å². The zero-order valence-corrected chi connectivity index (χ0v) is 14.9. The molecule has 0 saturated carbocycles. The number of carboxylic acid groups (broad SMARTS) is 1. The molecule has 0 radical (unpaired) electrons. The second kappa shape index (κ2) is 9.50. The Labute approximate surface area is 151 Å². The second-order valence-corrected chi connectivity index (χ2v) is 5.61. The summed E-state index contributed by atoms with van der Waals surface area (Å²) < 4.78 is 16.4. The molecule has 2 N–H and O–H groups in total. The quantitative estimate of drug-likeness (QED) is 0.672. The van der Waals surface area contributed by atoms with E-state index in [1.54, 1.807) is 18.2 Å². The van der Waals surface area contributed by atoms with E-state index in [2.05, 4.69) is 5.32 Å². The van der Waals surface area contributed by atoms with E-state index in [1.807, 2.05) is 13.8 Å². The van der Waals surface area contributed by atoms with Gasteiger partial charge in [0.05, 0.1) is 19.8 Å². The number of hydrogen-bond acceptors (Lipinski definition) is 5. The smallest absolute Gasteiger partial charge is 0.371 e. The summed E-state index contributed by atoms with van der Waals surface area (Å²) in [5.74, 6) is -0.138. The molecule has 2 rings (SSSR count). The van der Waals surface area contributed by atoms with Gasteiger partial charge in [0.1, 0.15) is 5.76 Å². The number of hydrogen-bond donors (Lipinski definition) is 2. The molecule has 0 atom stereocenters. The molecule has 0 fully saturated rings. The number of aromatic carboxylic acids is 1. The van der Waals surface area contributed by atoms with Gasteiger partial charge in [0.2, 0.25) is 5.76 Å². The number of nitrogens with one attached hydrogen (secondary N) is 1. The number of amides is 1. The Morgan fingerprint density at radius 3 is 2.35 bits per heavy atom. The lowest BCUT2D eigenvalue weighted by molar-refractivity contribution is 0.0660. The van der Waals surface area contributed by atoms with Gasteiger partial charge in [0.15, 0.2) is 11.5 Å². The summed E-state index contributed by atoms with van der Waals surface area (Å²) in [6.07, 6.45) is 1.71. The van der Waals surface area contributed by atoms with Crippen molar-refractivity contribution in [2.45, 2.75) is 33.2 Å². The Bertz CT molecular complexity index is 752. The van der Waals surface area contributed by atoms with Crippen LogP contribution in [0.15, 0.2) is 34.7 Å². The van der Waals surface area contributed by atoms with Gasteiger partial charge in [-0.05, 0) is 43.2 Å². The molecule has 2 aromatic rings. The molecular weight excluding hydrogens is 338 g/mol. The van der Waals surface area contributed by atoms with Gasteiger partial charge in [-0.25, -0.2) is 4.79 Å². The van der Waals surface area contributed by atoms with Crippen molar-refractivity contribution in [1.29, 1.82) is 0 Å². The van der Waals surface area contributed by atoms with Crippen molar-refractivity contribution in [2.24, 2.45) is 0 Å². The van der Waals surface area contributed by atoms with Gasteiger partial charge in [-0.1, -0.05) is 13.8 Å². The summed E-state index contributed by atoms with van der Waals surface area (Å²) >= 11 is 0. The highest BCUT2D eigenvalue weighted by atomic mass is 16.5. The molecule has 1 aromatic carbocycles. The predicted octanol–water partition coefficient (Wildman–Crippen LogP) is 3.49. The Balaban J connectivity index is 2.05. The standard InChI is InChI=1S/C19H23NO6/c1-3-9-24-15-7-5-13(11-17(15)25-10-4-2)18(21)20-12-14-6-8-16(26-14)19(22)23/h5-8,11H,3-4,9-10,12H2,1-2H3,(H,20,21)(H,22,23). The van der Waals surface area contributed by atoms with Gasteiger partial charge in [0, 0.05) is 5.56 Å². The normalized spacial score (nSPS) is 10.4. The van der Waals surface area contributed by atoms with Crippen LogP contribution < -0.4 is 14.8 Å². The number of ether oxygens (including phenoxy) is 2. The zero-order chi connectivity index (χ0) is 18.9. The summed E-state index contributed by atoms with van der Waals surface area (Å²) in [6, 6.07) is 7.87. The van der Waals surface area contributed by atoms with Crippen LogP contribution in [0.25, 0.3) is 0 Å². The zero-order valence-electron chi connectivity index (χ0n) is 14.9. The minimum Gasteiger partial charge on any atom is -0.490 e. The van der Waals surface area contributed by atoms with Crippen LogP contribution in [0.5, 0.6) is 11.5 Å². The molecule has 1 heterocycles. The maximum atomic E-state index is 12.3. The summed E-state index contributed by atoms with van der Waals surface area (Å²) in [5, 5.41) is 11.5. The fourth-order valence-electron chi connectivity index (χ4n) is 2.16. The van der Waals surface area contributed by atoms with Crippen LogP contribution in [-0.2, 0) is 6.54 Å². The van der Waals surface area contributed by atoms with Crippen molar-refractivity contribution in [2.75, 3.05) is 13.2 Å². The van der Waals surface area contributed by atoms with E-state index in [9.17, 15) is 9.59 Å². The number of benzene rings is 1. The first-order valence-electron chi connectivity index (χ1n) is 8.55. The van der Waals surface area contributed by atoms with E-state index in [0.717, 1.165) is 12.8 Å². The lowest BCUT2D eigenvalue weighted by atomic mass is 10.2. The Kier molecular flexibility index (Phi) is 7.08. The van der Waals surface area contributed by atoms with Gasteiger partial charge in [-0.3, -0.25) is 4.79 Å². The molecule has 0 aliphatic carbocycles. The molecule has 0 spiro atoms. The average molecular weight is 361 g/mol. The van der Waals surface area contributed by atoms with E-state index >= 15 is 0 Å². The van der Waals surface area contributed by atoms with Crippen molar-refractivity contribution < 1.29 is 28.6 Å². The predicted molar refractivity (Wildman–Crippen MR) is 94.9 cm³/mol. The maximum absolute atomic E-state index is 12.3. The van der Waals surface area contributed by atoms with Gasteiger partial charge < -0.3 is 24.3 Å². The lowest BCUT2D eigenvalue weighted by Gasteiger charge is -2.13. The Morgan fingerprint density at radius 1 is 1.04 bits per heavy atom. The molecule has 7 nitrogen and oxygen atoms in total. The van der Waals surface area contributed by atoms with Gasteiger partial charge in [-0.15, -0.1) is 0 Å². The largest absolute Gasteiger partial charge is 0.490 e. The van der Waals surface area contributed by atoms with Crippen LogP contribution in [0.3, 0.4) is 0 Å². The SMILES string of the molecule is CCCOc1ccc(C(=O)NCc2ccc(C(=O)O)o2)cc1OCCC. The van der Waals surface area contributed by atoms with Crippen LogP contribution in [0.4, 0.5) is 0 Å². The third-order valence-electron chi connectivity index (χ3n) is 3.42. The average Bonchev–Trinajstić information content (AvgIpc) is 3.12. The van der Waals surface area contributed by atoms with Crippen LogP contribution in [0.1, 0.15) is 53.4 Å². The molecule has 140 valence electrons. The van der Waals surface area contributed by atoms with E-state index < -0.39 is 5.97 Å². The highest BCUT2D eigenvalue weighted by molar-refractivity contribution is 5.94. The van der Waals surface area contributed by atoms with Crippen LogP contribution in [0, 0.1) is 0 Å². The van der Waals surface area contributed by atoms with E-state index in [1.165, 1.54) is 12.1 Å². The first kappa shape index (κ1) is 19.4. The molecule has 1 aromatic heterocycles. The fraction of sp³-hybridized carbons (Fsp3) is 0.368. The minimum atomic E-state index is -1.15. The second-order valence-electron chi connectivity index (χ2n) is 5.61. The Morgan fingerprint density at radius 2 is 1.73 bits per heavy atom. The van der Waals surface area contributed by atoms with Gasteiger partial charge >= 0.3 is 5.97 Å². The first-order valence-corrected chi connectivity index (χ1v) is 8.55. The molecule has 0 aliphatic heterocycles. The molecule has 26 heavy (non-hydrogen) atoms. The number of carbonyl (C=O) groups is 2. The molecular formula is C19H23NO6. The maximum Gasteiger partial charge on any atom is 0.371 e. The summed E-state index contributed by atoms with van der Waals surface area (Å²) in [5.41, 5.74) is 0.421. The summed E-state index contributed by atoms with van der Waals surface area (Å²) in [4.78, 5) is 23.1. The number of furan rings is 1. The minimum absolute atomic E-state index is 0.0886. The van der Waals surface area contributed by atoms with E-state index in [-0.39, 0.29) is 18.2 Å².